The summed E-state index contributed by atoms with van der Waals surface area (Å²) in [6, 6.07) is 21.3. The van der Waals surface area contributed by atoms with E-state index >= 15 is 0 Å². The van der Waals surface area contributed by atoms with E-state index in [2.05, 4.69) is 21.0 Å². The van der Waals surface area contributed by atoms with Crippen LogP contribution in [0.15, 0.2) is 91.6 Å². The zero-order valence-corrected chi connectivity index (χ0v) is 25.9. The fourth-order valence-corrected chi connectivity index (χ4v) is 5.64. The van der Waals surface area contributed by atoms with Crippen LogP contribution < -0.4 is 24.5 Å². The Morgan fingerprint density at radius 1 is 1.05 bits per heavy atom. The Morgan fingerprint density at radius 3 is 2.75 bits per heavy atom. The van der Waals surface area contributed by atoms with Gasteiger partial charge in [-0.05, 0) is 76.1 Å². The van der Waals surface area contributed by atoms with Crippen LogP contribution in [0.1, 0.15) is 11.1 Å². The van der Waals surface area contributed by atoms with E-state index < -0.39 is 0 Å². The molecule has 1 aliphatic heterocycles. The van der Waals surface area contributed by atoms with Crippen molar-refractivity contribution < 1.29 is 23.4 Å². The third kappa shape index (κ3) is 5.15. The highest BCUT2D eigenvalue weighted by molar-refractivity contribution is 9.10. The number of hydrogen-bond acceptors (Lipinski definition) is 8. The third-order valence-electron chi connectivity index (χ3n) is 6.96. The molecule has 0 amide bonds. The predicted molar refractivity (Wildman–Crippen MR) is 172 cm³/mol. The van der Waals surface area contributed by atoms with Gasteiger partial charge in [-0.3, -0.25) is 4.79 Å². The van der Waals surface area contributed by atoms with Gasteiger partial charge in [-0.25, -0.2) is 4.98 Å². The molecule has 0 saturated heterocycles. The lowest BCUT2D eigenvalue weighted by atomic mass is 10.2. The number of aromatic nitrogens is 2. The van der Waals surface area contributed by atoms with Crippen molar-refractivity contribution in [3.05, 3.63) is 109 Å². The predicted octanol–water partition coefficient (Wildman–Crippen LogP) is 8.08. The van der Waals surface area contributed by atoms with Crippen LogP contribution in [0.3, 0.4) is 0 Å². The first-order chi connectivity index (χ1) is 21.4. The Bertz CT molecular complexity index is 2180. The van der Waals surface area contributed by atoms with E-state index in [9.17, 15) is 4.79 Å². The van der Waals surface area contributed by atoms with Gasteiger partial charge in [0.05, 0.1) is 24.2 Å². The summed E-state index contributed by atoms with van der Waals surface area (Å²) in [4.78, 5) is 18.4. The highest BCUT2D eigenvalue weighted by Gasteiger charge is 2.20. The molecule has 0 fully saturated rings. The molecule has 7 rings (SSSR count). The number of nitrogens with zero attached hydrogens (tertiary/aromatic N) is 3. The number of hydrogen-bond donors (Lipinski definition) is 0. The van der Waals surface area contributed by atoms with Gasteiger partial charge in [-0.15, -0.1) is 0 Å². The van der Waals surface area contributed by atoms with E-state index in [1.165, 1.54) is 18.0 Å². The molecule has 4 aromatic carbocycles. The largest absolute Gasteiger partial charge is 0.493 e. The second kappa shape index (κ2) is 11.5. The molecule has 6 aromatic rings. The average molecular weight is 693 g/mol. The van der Waals surface area contributed by atoms with E-state index in [1.54, 1.807) is 48.5 Å². The van der Waals surface area contributed by atoms with Crippen molar-refractivity contribution in [1.29, 1.82) is 0 Å². The van der Waals surface area contributed by atoms with Gasteiger partial charge < -0.3 is 23.4 Å². The number of benzene rings is 4. The van der Waals surface area contributed by atoms with Crippen molar-refractivity contribution in [2.45, 2.75) is 6.61 Å². The first-order valence-electron chi connectivity index (χ1n) is 13.2. The molecule has 1 aliphatic rings. The summed E-state index contributed by atoms with van der Waals surface area (Å²) in [5, 5.41) is 6.54. The first-order valence-corrected chi connectivity index (χ1v) is 14.8. The van der Waals surface area contributed by atoms with Gasteiger partial charge in [-0.2, -0.15) is 9.78 Å². The second-order valence-electron chi connectivity index (χ2n) is 9.71. The van der Waals surface area contributed by atoms with Gasteiger partial charge in [-0.1, -0.05) is 41.4 Å². The summed E-state index contributed by atoms with van der Waals surface area (Å²) in [7, 11) is 1.51. The van der Waals surface area contributed by atoms with E-state index in [0.717, 1.165) is 10.9 Å². The molecule has 0 N–H and O–H groups in total. The van der Waals surface area contributed by atoms with Gasteiger partial charge in [0.15, 0.2) is 28.8 Å². The summed E-state index contributed by atoms with van der Waals surface area (Å²) in [6.07, 6.45) is 1.49. The van der Waals surface area contributed by atoms with Crippen molar-refractivity contribution in [2.24, 2.45) is 5.10 Å². The maximum atomic E-state index is 13.7. The smallest absolute Gasteiger partial charge is 0.282 e. The molecule has 0 spiro atoms. The van der Waals surface area contributed by atoms with Crippen molar-refractivity contribution in [3.63, 3.8) is 0 Å². The minimum absolute atomic E-state index is 0.186. The number of rotatable bonds is 7. The van der Waals surface area contributed by atoms with Crippen molar-refractivity contribution in [3.8, 4) is 34.6 Å². The quantitative estimate of drug-likeness (QED) is 0.156. The Labute approximate surface area is 268 Å². The molecular formula is C32H20BrCl2N3O6. The van der Waals surface area contributed by atoms with Crippen LogP contribution in [0.5, 0.6) is 23.0 Å². The van der Waals surface area contributed by atoms with Crippen LogP contribution in [-0.2, 0) is 6.61 Å². The van der Waals surface area contributed by atoms with Crippen LogP contribution in [0.25, 0.3) is 33.5 Å². The third-order valence-corrected chi connectivity index (χ3v) is 8.64. The fraction of sp³-hybridized carbons (Fsp3) is 0.0938. The molecule has 0 radical (unpaired) electrons. The lowest BCUT2D eigenvalue weighted by Gasteiger charge is -2.15. The van der Waals surface area contributed by atoms with Crippen molar-refractivity contribution in [2.75, 3.05) is 13.9 Å². The SMILES string of the molecule is COc1cc(C=Nn2c(-c3cc4cc(Cl)ccc4o3)nc3ccccc3c2=O)c(Br)c(Cl)c1OCc1ccc2c(c1)OCO2. The Morgan fingerprint density at radius 2 is 1.89 bits per heavy atom. The number of fused-ring (bicyclic) bond motifs is 3. The zero-order valence-electron chi connectivity index (χ0n) is 22.8. The molecule has 44 heavy (non-hydrogen) atoms. The monoisotopic (exact) mass is 691 g/mol. The standard InChI is InChI=1S/C32H20BrCl2N3O6/c1-40-26-13-19(28(33)29(35)30(26)41-15-17-6-8-24-25(10-17)43-16-42-24)14-36-38-31(37-22-5-3-2-4-21(22)32(38)39)27-12-18-11-20(34)7-9-23(18)44-27/h2-14H,15-16H2,1H3. The Balaban J connectivity index is 1.27. The molecule has 2 aromatic heterocycles. The topological polar surface area (TPSA) is 97.3 Å². The number of para-hydroxylation sites is 1. The van der Waals surface area contributed by atoms with Gasteiger partial charge in [0.25, 0.3) is 5.56 Å². The van der Waals surface area contributed by atoms with Gasteiger partial charge in [0.1, 0.15) is 17.2 Å². The molecule has 0 atom stereocenters. The number of halogens is 3. The molecule has 0 unspecified atom stereocenters. The summed E-state index contributed by atoms with van der Waals surface area (Å²) >= 11 is 16.5. The molecular weight excluding hydrogens is 673 g/mol. The number of furan rings is 1. The average Bonchev–Trinajstić information content (AvgIpc) is 3.68. The molecule has 0 bridgehead atoms. The lowest BCUT2D eigenvalue weighted by molar-refractivity contribution is 0.174. The van der Waals surface area contributed by atoms with Crippen LogP contribution in [-0.4, -0.2) is 29.8 Å². The van der Waals surface area contributed by atoms with Crippen LogP contribution >= 0.6 is 39.1 Å². The minimum atomic E-state index is -0.377. The van der Waals surface area contributed by atoms with Crippen molar-refractivity contribution >= 4 is 67.2 Å². The van der Waals surface area contributed by atoms with Gasteiger partial charge >= 0.3 is 0 Å². The molecule has 0 aliphatic carbocycles. The van der Waals surface area contributed by atoms with Crippen LogP contribution in [0.4, 0.5) is 0 Å². The Kier molecular flexibility index (Phi) is 7.41. The van der Waals surface area contributed by atoms with E-state index in [4.69, 9.17) is 51.6 Å². The minimum Gasteiger partial charge on any atom is -0.493 e. The Hall–Kier alpha value is -4.51. The summed E-state index contributed by atoms with van der Waals surface area (Å²) in [6.45, 7) is 0.391. The first kappa shape index (κ1) is 28.3. The normalized spacial score (nSPS) is 12.5. The molecule has 220 valence electrons. The van der Waals surface area contributed by atoms with E-state index in [1.807, 2.05) is 24.3 Å². The van der Waals surface area contributed by atoms with Gasteiger partial charge in [0, 0.05) is 20.4 Å². The summed E-state index contributed by atoms with van der Waals surface area (Å²) < 4.78 is 30.3. The van der Waals surface area contributed by atoms with Crippen LogP contribution in [0, 0.1) is 0 Å². The lowest BCUT2D eigenvalue weighted by Crippen LogP contribution is -2.20. The van der Waals surface area contributed by atoms with Gasteiger partial charge in [0.2, 0.25) is 12.6 Å². The maximum absolute atomic E-state index is 13.7. The fourth-order valence-electron chi connectivity index (χ4n) is 4.81. The van der Waals surface area contributed by atoms with E-state index in [-0.39, 0.29) is 29.8 Å². The molecule has 9 nitrogen and oxygen atoms in total. The highest BCUT2D eigenvalue weighted by Crippen LogP contribution is 2.43. The second-order valence-corrected chi connectivity index (χ2v) is 11.3. The molecule has 0 saturated carbocycles. The maximum Gasteiger partial charge on any atom is 0.282 e. The summed E-state index contributed by atoms with van der Waals surface area (Å²) in [5.41, 5.74) is 2.12. The van der Waals surface area contributed by atoms with Crippen LogP contribution in [0.2, 0.25) is 10.0 Å². The highest BCUT2D eigenvalue weighted by atomic mass is 79.9. The zero-order chi connectivity index (χ0) is 30.4. The summed E-state index contributed by atoms with van der Waals surface area (Å²) in [5.74, 6) is 2.62. The molecule has 3 heterocycles. The van der Waals surface area contributed by atoms with E-state index in [0.29, 0.717) is 60.3 Å². The molecule has 12 heteroatoms. The number of ether oxygens (including phenoxy) is 4. The number of methoxy groups -OCH3 is 1. The van der Waals surface area contributed by atoms with Crippen molar-refractivity contribution in [1.82, 2.24) is 9.66 Å².